The van der Waals surface area contributed by atoms with Crippen molar-refractivity contribution < 1.29 is 56.7 Å². The van der Waals surface area contributed by atoms with Crippen LogP contribution >= 0.6 is 0 Å². The number of sulfonamides is 1. The Labute approximate surface area is 334 Å². The number of rotatable bonds is 23. The van der Waals surface area contributed by atoms with Gasteiger partial charge in [0.15, 0.2) is 28.2 Å². The molecule has 314 valence electrons. The molecule has 1 unspecified atom stereocenters. The van der Waals surface area contributed by atoms with Crippen molar-refractivity contribution in [2.24, 2.45) is 0 Å². The van der Waals surface area contributed by atoms with Gasteiger partial charge in [-0.15, -0.1) is 30.4 Å². The topological polar surface area (TPSA) is 320 Å². The van der Waals surface area contributed by atoms with Crippen molar-refractivity contribution >= 4 is 22.3 Å². The Morgan fingerprint density at radius 3 is 2.41 bits per heavy atom. The van der Waals surface area contributed by atoms with Gasteiger partial charge in [0, 0.05) is 25.1 Å². The minimum atomic E-state index is -4.23. The smallest absolute Gasteiger partial charge is 0.294 e. The van der Waals surface area contributed by atoms with Crippen LogP contribution in [0, 0.1) is 27.2 Å². The van der Waals surface area contributed by atoms with E-state index in [0.717, 1.165) is 5.56 Å². The number of nitrogens with zero attached hydrogens (tertiary/aromatic N) is 9. The van der Waals surface area contributed by atoms with Crippen molar-refractivity contribution in [1.82, 2.24) is 40.6 Å². The molecule has 0 aliphatic heterocycles. The van der Waals surface area contributed by atoms with E-state index in [1.165, 1.54) is 32.7 Å². The van der Waals surface area contributed by atoms with Gasteiger partial charge in [0.1, 0.15) is 25.0 Å². The van der Waals surface area contributed by atoms with E-state index >= 15 is 0 Å². The van der Waals surface area contributed by atoms with Crippen LogP contribution in [0.3, 0.4) is 0 Å². The molecule has 4 aromatic heterocycles. The molecule has 4 heterocycles. The van der Waals surface area contributed by atoms with E-state index in [4.69, 9.17) is 18.9 Å². The lowest BCUT2D eigenvalue weighted by molar-refractivity contribution is -0.790. The summed E-state index contributed by atoms with van der Waals surface area (Å²) in [6, 6.07) is 13.1. The normalized spacial score (nSPS) is 11.2. The summed E-state index contributed by atoms with van der Waals surface area (Å²) in [6.45, 7) is 2.06. The molecule has 1 aromatic carbocycles. The van der Waals surface area contributed by atoms with E-state index in [1.807, 2.05) is 0 Å². The van der Waals surface area contributed by atoms with Crippen LogP contribution < -0.4 is 18.9 Å². The highest BCUT2D eigenvalue weighted by atomic mass is 32.2. The molecule has 0 saturated heterocycles. The van der Waals surface area contributed by atoms with E-state index in [9.17, 15) is 33.4 Å². The number of carbonyl (C=O) groups is 1. The molecule has 5 aromatic rings. The first-order valence-corrected chi connectivity index (χ1v) is 18.6. The monoisotopic (exact) mass is 843 g/mol. The molecule has 0 spiro atoms. The number of unbranched alkanes of at least 4 members (excludes halogenated alkanes) is 1. The molecule has 1 atom stereocenters. The van der Waals surface area contributed by atoms with E-state index < -0.39 is 32.9 Å². The summed E-state index contributed by atoms with van der Waals surface area (Å²) in [4.78, 5) is 55.4. The SMILES string of the molecule is COCCOc1nc(-c2ccnc(-c3nn[nH]n3)c2)nc(NS(=O)(=O)c2ccc(C)cn2)c1Oc1ccccc1OC.O=COCCCCC(CO[N+](=O)[O-])O[N+](=O)[O-]. The lowest BCUT2D eigenvalue weighted by atomic mass is 10.2. The number of aryl methyl sites for hydroxylation is 1. The van der Waals surface area contributed by atoms with Crippen molar-refractivity contribution in [3.63, 3.8) is 0 Å². The highest BCUT2D eigenvalue weighted by molar-refractivity contribution is 7.92. The second kappa shape index (κ2) is 22.4. The number of ether oxygens (including phenoxy) is 5. The number of aromatic amines is 1. The molecule has 0 aliphatic carbocycles. The summed E-state index contributed by atoms with van der Waals surface area (Å²) in [5, 5.41) is 31.5. The van der Waals surface area contributed by atoms with Crippen LogP contribution in [0.25, 0.3) is 22.9 Å². The summed E-state index contributed by atoms with van der Waals surface area (Å²) < 4.78 is 56.4. The molecule has 25 nitrogen and oxygen atoms in total. The highest BCUT2D eigenvalue weighted by Gasteiger charge is 2.26. The summed E-state index contributed by atoms with van der Waals surface area (Å²) >= 11 is 0. The number of methoxy groups -OCH3 is 2. The summed E-state index contributed by atoms with van der Waals surface area (Å²) in [5.41, 5.74) is 1.63. The van der Waals surface area contributed by atoms with Crippen LogP contribution in [0.2, 0.25) is 0 Å². The molecule has 5 rings (SSSR count). The standard InChI is InChI=1S/C26H25N9O6S.C7H12N2O8/c1-16-8-9-21(28-15-16)42(36,37)33-25-22(41-20-7-5-4-6-19(20)39-3)26(40-13-12-38-2)30-23(29-25)17-10-11-27-18(14-17)24-31-34-35-32-24;10-6-15-4-2-1-3-7(17-9(13)14)5-16-8(11)12/h4-11,14-15H,12-13H2,1-3H3,(H,29,30,33)(H,31,32,34,35);6-7H,1-5H2. The fourth-order valence-corrected chi connectivity index (χ4v) is 5.58. The Hall–Kier alpha value is -7.35. The molecule has 0 radical (unpaired) electrons. The lowest BCUT2D eigenvalue weighted by Gasteiger charge is -2.18. The Bertz CT molecular complexity index is 2230. The third kappa shape index (κ3) is 14.0. The van der Waals surface area contributed by atoms with Gasteiger partial charge in [-0.3, -0.25) is 14.5 Å². The summed E-state index contributed by atoms with van der Waals surface area (Å²) in [5.74, 6) is 0.617. The highest BCUT2D eigenvalue weighted by Crippen LogP contribution is 2.41. The third-order valence-electron chi connectivity index (χ3n) is 7.33. The fraction of sp³-hybridized carbons (Fsp3) is 0.333. The quantitative estimate of drug-likeness (QED) is 0.0413. The van der Waals surface area contributed by atoms with Crippen molar-refractivity contribution in [3.8, 4) is 46.0 Å². The Morgan fingerprint density at radius 2 is 1.75 bits per heavy atom. The van der Waals surface area contributed by atoms with E-state index in [-0.39, 0.29) is 66.1 Å². The first-order valence-electron chi connectivity index (χ1n) is 17.1. The van der Waals surface area contributed by atoms with Gasteiger partial charge in [-0.1, -0.05) is 18.2 Å². The first kappa shape index (κ1) is 44.4. The summed E-state index contributed by atoms with van der Waals surface area (Å²) in [6.07, 6.45) is 3.07. The molecule has 2 N–H and O–H groups in total. The van der Waals surface area contributed by atoms with Crippen LogP contribution in [0.15, 0.2) is 66.0 Å². The van der Waals surface area contributed by atoms with Crippen molar-refractivity contribution in [3.05, 3.63) is 86.7 Å². The Kier molecular flexibility index (Phi) is 16.8. The first-order chi connectivity index (χ1) is 28.4. The number of pyridine rings is 2. The number of hydrogen-bond donors (Lipinski definition) is 2. The maximum atomic E-state index is 13.5. The average molecular weight is 844 g/mol. The molecular formula is C33H37N11O14S. The number of anilines is 1. The number of H-pyrrole nitrogens is 1. The lowest BCUT2D eigenvalue weighted by Crippen LogP contribution is -2.24. The molecule has 26 heteroatoms. The number of nitrogens with one attached hydrogen (secondary N) is 2. The van der Waals surface area contributed by atoms with Gasteiger partial charge in [-0.05, 0) is 67.3 Å². The third-order valence-corrected chi connectivity index (χ3v) is 8.59. The number of tetrazole rings is 1. The van der Waals surface area contributed by atoms with Crippen LogP contribution in [-0.2, 0) is 34.0 Å². The zero-order valence-electron chi connectivity index (χ0n) is 31.5. The van der Waals surface area contributed by atoms with Gasteiger partial charge >= 0.3 is 0 Å². The van der Waals surface area contributed by atoms with Crippen LogP contribution in [0.4, 0.5) is 5.82 Å². The van der Waals surface area contributed by atoms with E-state index in [2.05, 4.69) is 59.7 Å². The number of benzene rings is 1. The maximum Gasteiger partial charge on any atom is 0.294 e. The molecule has 0 fully saturated rings. The number of carbonyl (C=O) groups excluding carboxylic acids is 1. The average Bonchev–Trinajstić information content (AvgIpc) is 3.77. The largest absolute Gasteiger partial charge is 0.493 e. The van der Waals surface area contributed by atoms with Crippen molar-refractivity contribution in [2.75, 3.05) is 45.4 Å². The predicted molar refractivity (Wildman–Crippen MR) is 199 cm³/mol. The molecule has 0 amide bonds. The van der Waals surface area contributed by atoms with Crippen molar-refractivity contribution in [1.29, 1.82) is 0 Å². The maximum absolute atomic E-state index is 13.5. The van der Waals surface area contributed by atoms with Crippen molar-refractivity contribution in [2.45, 2.75) is 37.3 Å². The number of para-hydroxylation sites is 2. The van der Waals surface area contributed by atoms with Gasteiger partial charge in [0.25, 0.3) is 32.5 Å². The second-order valence-electron chi connectivity index (χ2n) is 11.5. The van der Waals surface area contributed by atoms with Crippen LogP contribution in [0.1, 0.15) is 24.8 Å². The van der Waals surface area contributed by atoms with E-state index in [1.54, 1.807) is 49.4 Å². The van der Waals surface area contributed by atoms with E-state index in [0.29, 0.717) is 36.3 Å². The van der Waals surface area contributed by atoms with Gasteiger partial charge in [-0.25, -0.2) is 9.97 Å². The zero-order valence-corrected chi connectivity index (χ0v) is 32.3. The fourth-order valence-electron chi connectivity index (χ4n) is 4.65. The minimum absolute atomic E-state index is 0.0598. The molecular weight excluding hydrogens is 806 g/mol. The Balaban J connectivity index is 0.000000383. The molecule has 0 aliphatic rings. The molecule has 0 bridgehead atoms. The number of hydrogen-bond acceptors (Lipinski definition) is 21. The zero-order chi connectivity index (χ0) is 42.6. The van der Waals surface area contributed by atoms with Gasteiger partial charge in [-0.2, -0.15) is 18.6 Å². The van der Waals surface area contributed by atoms with Crippen LogP contribution in [-0.4, -0.2) is 112 Å². The van der Waals surface area contributed by atoms with Gasteiger partial charge in [0.05, 0.1) is 20.3 Å². The Morgan fingerprint density at radius 1 is 0.949 bits per heavy atom. The predicted octanol–water partition coefficient (Wildman–Crippen LogP) is 3.16. The summed E-state index contributed by atoms with van der Waals surface area (Å²) in [7, 11) is -1.23. The minimum Gasteiger partial charge on any atom is -0.493 e. The van der Waals surface area contributed by atoms with Gasteiger partial charge in [0.2, 0.25) is 11.6 Å². The molecule has 0 saturated carbocycles. The number of aromatic nitrogens is 8. The van der Waals surface area contributed by atoms with Crippen LogP contribution in [0.5, 0.6) is 23.1 Å². The molecule has 59 heavy (non-hydrogen) atoms. The van der Waals surface area contributed by atoms with Gasteiger partial charge < -0.3 is 33.4 Å². The second-order valence-corrected chi connectivity index (χ2v) is 13.1.